The molecular formula is C17H24ClN3O2. The molecule has 0 saturated carbocycles. The van der Waals surface area contributed by atoms with E-state index in [1.165, 1.54) is 31.4 Å². The highest BCUT2D eigenvalue weighted by atomic mass is 35.5. The number of halogens is 1. The van der Waals surface area contributed by atoms with Gasteiger partial charge in [-0.15, -0.1) is 0 Å². The molecule has 0 unspecified atom stereocenters. The number of nitrogen functional groups attached to an aromatic ring is 1. The number of aromatic hydroxyl groups is 1. The summed E-state index contributed by atoms with van der Waals surface area (Å²) in [6.45, 7) is 3.31. The number of anilines is 1. The maximum atomic E-state index is 12.4. The third kappa shape index (κ3) is 3.40. The topological polar surface area (TPSA) is 78.6 Å². The number of benzene rings is 1. The Hall–Kier alpha value is -1.46. The summed E-state index contributed by atoms with van der Waals surface area (Å²) in [5.41, 5.74) is 6.08. The first kappa shape index (κ1) is 16.4. The second kappa shape index (κ2) is 6.57. The lowest BCUT2D eigenvalue weighted by atomic mass is 9.87. The van der Waals surface area contributed by atoms with Crippen molar-refractivity contribution < 1.29 is 9.90 Å². The van der Waals surface area contributed by atoms with Crippen LogP contribution in [0.25, 0.3) is 0 Å². The summed E-state index contributed by atoms with van der Waals surface area (Å²) in [4.78, 5) is 15.0. The van der Waals surface area contributed by atoms with E-state index in [0.29, 0.717) is 12.1 Å². The number of fused-ring (bicyclic) bond motifs is 1. The van der Waals surface area contributed by atoms with Crippen LogP contribution in [0.15, 0.2) is 12.1 Å². The second-order valence-corrected chi connectivity index (χ2v) is 7.16. The van der Waals surface area contributed by atoms with Crippen molar-refractivity contribution in [2.75, 3.05) is 12.3 Å². The van der Waals surface area contributed by atoms with Gasteiger partial charge in [0.05, 0.1) is 16.3 Å². The van der Waals surface area contributed by atoms with Crippen molar-refractivity contribution in [3.63, 3.8) is 0 Å². The quantitative estimate of drug-likeness (QED) is 0.725. The lowest BCUT2D eigenvalue weighted by molar-refractivity contribution is 0.0457. The van der Waals surface area contributed by atoms with Crippen molar-refractivity contribution in [1.29, 1.82) is 0 Å². The van der Waals surface area contributed by atoms with Gasteiger partial charge in [-0.1, -0.05) is 18.0 Å². The molecule has 1 aromatic rings. The van der Waals surface area contributed by atoms with Crippen molar-refractivity contribution in [3.8, 4) is 5.75 Å². The first-order valence-corrected chi connectivity index (χ1v) is 8.68. The average Bonchev–Trinajstić information content (AvgIpc) is 2.51. The molecular weight excluding hydrogens is 314 g/mol. The van der Waals surface area contributed by atoms with E-state index in [0.717, 1.165) is 19.4 Å². The first-order chi connectivity index (χ1) is 11.0. The van der Waals surface area contributed by atoms with E-state index >= 15 is 0 Å². The van der Waals surface area contributed by atoms with Crippen LogP contribution < -0.4 is 11.1 Å². The van der Waals surface area contributed by atoms with Gasteiger partial charge in [0.1, 0.15) is 5.75 Å². The smallest absolute Gasteiger partial charge is 0.255 e. The molecule has 2 aliphatic rings. The maximum absolute atomic E-state index is 12.4. The van der Waals surface area contributed by atoms with Gasteiger partial charge in [-0.3, -0.25) is 9.69 Å². The van der Waals surface area contributed by atoms with E-state index < -0.39 is 0 Å². The summed E-state index contributed by atoms with van der Waals surface area (Å²) >= 11 is 5.96. The molecule has 6 heteroatoms. The van der Waals surface area contributed by atoms with Crippen molar-refractivity contribution >= 4 is 23.2 Å². The molecule has 3 rings (SSSR count). The molecule has 0 spiro atoms. The Balaban J connectivity index is 1.66. The monoisotopic (exact) mass is 337 g/mol. The molecule has 4 N–H and O–H groups in total. The standard InChI is InChI=1S/C17H24ClN3O2/c1-10-3-2-4-12-7-11(5-6-21(10)12)20-17(23)13-8-14(18)15(19)9-16(13)22/h8-12,22H,2-7,19H2,1H3,(H,20,23)/t10-,11+,12-/m1/s1. The van der Waals surface area contributed by atoms with E-state index in [1.54, 1.807) is 0 Å². The maximum Gasteiger partial charge on any atom is 0.255 e. The summed E-state index contributed by atoms with van der Waals surface area (Å²) in [5.74, 6) is -0.417. The zero-order valence-corrected chi connectivity index (χ0v) is 14.1. The number of hydrogen-bond acceptors (Lipinski definition) is 4. The Morgan fingerprint density at radius 2 is 2.17 bits per heavy atom. The number of hydrogen-bond donors (Lipinski definition) is 3. The number of nitrogens with zero attached hydrogens (tertiary/aromatic N) is 1. The predicted molar refractivity (Wildman–Crippen MR) is 91.8 cm³/mol. The SMILES string of the molecule is C[C@@H]1CCC[C@@H]2C[C@@H](NC(=O)c3cc(Cl)c(N)cc3O)CCN21. The van der Waals surface area contributed by atoms with Crippen LogP contribution in [0.5, 0.6) is 5.75 Å². The number of carbonyl (C=O) groups excluding carboxylic acids is 1. The Labute approximate surface area is 141 Å². The lowest BCUT2D eigenvalue weighted by Gasteiger charge is -2.46. The predicted octanol–water partition coefficient (Wildman–Crippen LogP) is 2.76. The van der Waals surface area contributed by atoms with E-state index in [9.17, 15) is 9.90 Å². The molecule has 3 atom stereocenters. The number of amides is 1. The molecule has 126 valence electrons. The van der Waals surface area contributed by atoms with E-state index in [2.05, 4.69) is 17.1 Å². The van der Waals surface area contributed by atoms with Gasteiger partial charge in [0.25, 0.3) is 5.91 Å². The van der Waals surface area contributed by atoms with Crippen LogP contribution in [0.3, 0.4) is 0 Å². The molecule has 0 aromatic heterocycles. The molecule has 1 amide bonds. The first-order valence-electron chi connectivity index (χ1n) is 8.30. The number of carbonyl (C=O) groups is 1. The Kier molecular flexibility index (Phi) is 4.69. The summed E-state index contributed by atoms with van der Waals surface area (Å²) in [5, 5.41) is 13.3. The number of phenolic OH excluding ortho intramolecular Hbond substituents is 1. The lowest BCUT2D eigenvalue weighted by Crippen LogP contribution is -2.54. The van der Waals surface area contributed by atoms with E-state index in [-0.39, 0.29) is 34.0 Å². The molecule has 0 aliphatic carbocycles. The fraction of sp³-hybridized carbons (Fsp3) is 0.588. The number of piperidine rings is 2. The van der Waals surface area contributed by atoms with Crippen molar-refractivity contribution in [2.24, 2.45) is 0 Å². The van der Waals surface area contributed by atoms with E-state index in [4.69, 9.17) is 17.3 Å². The highest BCUT2D eigenvalue weighted by Crippen LogP contribution is 2.31. The van der Waals surface area contributed by atoms with Gasteiger partial charge in [-0.25, -0.2) is 0 Å². The number of nitrogens with one attached hydrogen (secondary N) is 1. The van der Waals surface area contributed by atoms with Gasteiger partial charge in [0.2, 0.25) is 0 Å². The fourth-order valence-electron chi connectivity index (χ4n) is 3.90. The minimum Gasteiger partial charge on any atom is -0.507 e. The van der Waals surface area contributed by atoms with Crippen molar-refractivity contribution in [1.82, 2.24) is 10.2 Å². The molecule has 23 heavy (non-hydrogen) atoms. The summed E-state index contributed by atoms with van der Waals surface area (Å²) < 4.78 is 0. The van der Waals surface area contributed by atoms with Gasteiger partial charge in [0, 0.05) is 30.7 Å². The van der Waals surface area contributed by atoms with Gasteiger partial charge >= 0.3 is 0 Å². The summed E-state index contributed by atoms with van der Waals surface area (Å²) in [7, 11) is 0. The van der Waals surface area contributed by atoms with Gasteiger partial charge in [-0.05, 0) is 38.7 Å². The number of rotatable bonds is 2. The molecule has 2 saturated heterocycles. The highest BCUT2D eigenvalue weighted by Gasteiger charge is 2.34. The normalized spacial score (nSPS) is 28.2. The van der Waals surface area contributed by atoms with Crippen LogP contribution in [-0.4, -0.2) is 40.6 Å². The molecule has 2 aliphatic heterocycles. The molecule has 5 nitrogen and oxygen atoms in total. The summed E-state index contributed by atoms with van der Waals surface area (Å²) in [6.07, 6.45) is 5.65. The molecule has 2 fully saturated rings. The van der Waals surface area contributed by atoms with Crippen LogP contribution >= 0.6 is 11.6 Å². The zero-order valence-electron chi connectivity index (χ0n) is 13.4. The fourth-order valence-corrected chi connectivity index (χ4v) is 4.07. The van der Waals surface area contributed by atoms with Gasteiger partial charge < -0.3 is 16.2 Å². The molecule has 0 bridgehead atoms. The van der Waals surface area contributed by atoms with Gasteiger partial charge in [-0.2, -0.15) is 0 Å². The van der Waals surface area contributed by atoms with Crippen LogP contribution in [0.1, 0.15) is 49.4 Å². The van der Waals surface area contributed by atoms with Crippen LogP contribution in [-0.2, 0) is 0 Å². The van der Waals surface area contributed by atoms with Crippen LogP contribution in [0.2, 0.25) is 5.02 Å². The summed E-state index contributed by atoms with van der Waals surface area (Å²) in [6, 6.07) is 4.10. The van der Waals surface area contributed by atoms with Crippen molar-refractivity contribution in [3.05, 3.63) is 22.7 Å². The zero-order chi connectivity index (χ0) is 16.6. The molecule has 1 aromatic carbocycles. The second-order valence-electron chi connectivity index (χ2n) is 6.76. The Morgan fingerprint density at radius 3 is 2.96 bits per heavy atom. The van der Waals surface area contributed by atoms with E-state index in [1.807, 2.05) is 0 Å². The largest absolute Gasteiger partial charge is 0.507 e. The number of phenols is 1. The Morgan fingerprint density at radius 1 is 1.39 bits per heavy atom. The van der Waals surface area contributed by atoms with Crippen LogP contribution in [0.4, 0.5) is 5.69 Å². The molecule has 2 heterocycles. The third-order valence-electron chi connectivity index (χ3n) is 5.18. The number of nitrogens with two attached hydrogens (primary N) is 1. The van der Waals surface area contributed by atoms with Crippen LogP contribution in [0, 0.1) is 0 Å². The minimum absolute atomic E-state index is 0.131. The third-order valence-corrected chi connectivity index (χ3v) is 5.51. The molecule has 0 radical (unpaired) electrons. The Bertz CT molecular complexity index is 608. The van der Waals surface area contributed by atoms with Gasteiger partial charge in [0.15, 0.2) is 0 Å². The van der Waals surface area contributed by atoms with Crippen molar-refractivity contribution in [2.45, 2.75) is 57.2 Å². The minimum atomic E-state index is -0.285. The average molecular weight is 338 g/mol. The highest BCUT2D eigenvalue weighted by molar-refractivity contribution is 6.33.